The first-order valence-electron chi connectivity index (χ1n) is 6.30. The van der Waals surface area contributed by atoms with Crippen LogP contribution in [0.5, 0.6) is 0 Å². The number of benzene rings is 1. The number of carbonyl (C=O) groups is 1. The first-order valence-corrected chi connectivity index (χ1v) is 6.30. The Morgan fingerprint density at radius 2 is 1.89 bits per heavy atom. The number of carbonyl (C=O) groups excluding carboxylic acids is 1. The summed E-state index contributed by atoms with van der Waals surface area (Å²) in [6, 6.07) is 9.76. The van der Waals surface area contributed by atoms with Crippen molar-refractivity contribution in [2.24, 2.45) is 0 Å². The van der Waals surface area contributed by atoms with E-state index in [0.717, 1.165) is 5.56 Å². The van der Waals surface area contributed by atoms with Gasteiger partial charge in [-0.1, -0.05) is 36.4 Å². The van der Waals surface area contributed by atoms with Crippen LogP contribution in [0.15, 0.2) is 48.8 Å². The van der Waals surface area contributed by atoms with Crippen LogP contribution in [0.4, 0.5) is 0 Å². The second-order valence-electron chi connectivity index (χ2n) is 5.40. The molecule has 3 heteroatoms. The summed E-state index contributed by atoms with van der Waals surface area (Å²) in [4.78, 5) is 16.3. The Morgan fingerprint density at radius 3 is 2.53 bits per heavy atom. The molecule has 0 saturated heterocycles. The van der Waals surface area contributed by atoms with Crippen LogP contribution in [0.3, 0.4) is 0 Å². The molecule has 0 atom stereocenters. The molecular weight excluding hydrogens is 236 g/mol. The average Bonchev–Trinajstić information content (AvgIpc) is 2.86. The van der Waals surface area contributed by atoms with Gasteiger partial charge in [0, 0.05) is 17.9 Å². The van der Waals surface area contributed by atoms with Crippen LogP contribution < -0.4 is 0 Å². The highest BCUT2D eigenvalue weighted by atomic mass is 16.1. The topological polar surface area (TPSA) is 34.9 Å². The third kappa shape index (κ3) is 3.19. The van der Waals surface area contributed by atoms with E-state index in [1.54, 1.807) is 12.3 Å². The van der Waals surface area contributed by atoms with Gasteiger partial charge in [0.15, 0.2) is 5.82 Å². The highest BCUT2D eigenvalue weighted by Crippen LogP contribution is 2.16. The second kappa shape index (κ2) is 5.22. The van der Waals surface area contributed by atoms with E-state index in [-0.39, 0.29) is 11.3 Å². The zero-order chi connectivity index (χ0) is 13.9. The first-order chi connectivity index (χ1) is 8.98. The smallest absolute Gasteiger partial charge is 0.221 e. The molecule has 1 heterocycles. The number of nitrogens with zero attached hydrogens (tertiary/aromatic N) is 2. The van der Waals surface area contributed by atoms with E-state index in [4.69, 9.17) is 0 Å². The SMILES string of the molecule is CC(C)(C)n1ccnc1C(=O)/C=C/c1ccccc1. The highest BCUT2D eigenvalue weighted by Gasteiger charge is 2.19. The van der Waals surface area contributed by atoms with Crippen molar-refractivity contribution < 1.29 is 4.79 Å². The van der Waals surface area contributed by atoms with Gasteiger partial charge in [-0.25, -0.2) is 4.98 Å². The third-order valence-electron chi connectivity index (χ3n) is 2.81. The Morgan fingerprint density at radius 1 is 1.21 bits per heavy atom. The molecule has 3 nitrogen and oxygen atoms in total. The Kier molecular flexibility index (Phi) is 3.65. The van der Waals surface area contributed by atoms with Gasteiger partial charge in [-0.3, -0.25) is 4.79 Å². The molecule has 0 aliphatic rings. The lowest BCUT2D eigenvalue weighted by Gasteiger charge is -2.22. The van der Waals surface area contributed by atoms with Gasteiger partial charge in [0.1, 0.15) is 0 Å². The maximum absolute atomic E-state index is 12.2. The summed E-state index contributed by atoms with van der Waals surface area (Å²) >= 11 is 0. The third-order valence-corrected chi connectivity index (χ3v) is 2.81. The summed E-state index contributed by atoms with van der Waals surface area (Å²) in [5.41, 5.74) is 0.854. The predicted molar refractivity (Wildman–Crippen MR) is 77.0 cm³/mol. The molecule has 98 valence electrons. The number of hydrogen-bond acceptors (Lipinski definition) is 2. The summed E-state index contributed by atoms with van der Waals surface area (Å²) in [7, 11) is 0. The van der Waals surface area contributed by atoms with E-state index in [1.807, 2.05) is 67.9 Å². The van der Waals surface area contributed by atoms with E-state index in [2.05, 4.69) is 4.98 Å². The van der Waals surface area contributed by atoms with Crippen LogP contribution in [0.25, 0.3) is 6.08 Å². The minimum Gasteiger partial charge on any atom is -0.323 e. The van der Waals surface area contributed by atoms with Gasteiger partial charge in [0.05, 0.1) is 0 Å². The number of allylic oxidation sites excluding steroid dienone is 1. The monoisotopic (exact) mass is 254 g/mol. The molecule has 0 N–H and O–H groups in total. The Hall–Kier alpha value is -2.16. The first kappa shape index (κ1) is 13.3. The van der Waals surface area contributed by atoms with Crippen molar-refractivity contribution in [1.82, 2.24) is 9.55 Å². The van der Waals surface area contributed by atoms with Crippen molar-refractivity contribution in [3.8, 4) is 0 Å². The fourth-order valence-electron chi connectivity index (χ4n) is 1.84. The normalized spacial score (nSPS) is 11.9. The molecule has 0 aliphatic carbocycles. The number of ketones is 1. The van der Waals surface area contributed by atoms with Crippen molar-refractivity contribution in [2.75, 3.05) is 0 Å². The van der Waals surface area contributed by atoms with Crippen LogP contribution in [0.1, 0.15) is 37.0 Å². The van der Waals surface area contributed by atoms with Crippen molar-refractivity contribution in [3.63, 3.8) is 0 Å². The number of aromatic nitrogens is 2. The molecular formula is C16H18N2O. The van der Waals surface area contributed by atoms with Crippen molar-refractivity contribution >= 4 is 11.9 Å². The van der Waals surface area contributed by atoms with Crippen molar-refractivity contribution in [1.29, 1.82) is 0 Å². The second-order valence-corrected chi connectivity index (χ2v) is 5.40. The molecule has 0 spiro atoms. The summed E-state index contributed by atoms with van der Waals surface area (Å²) in [6.45, 7) is 6.14. The van der Waals surface area contributed by atoms with Crippen LogP contribution >= 0.6 is 0 Å². The van der Waals surface area contributed by atoms with Crippen LogP contribution in [0.2, 0.25) is 0 Å². The van der Waals surface area contributed by atoms with Gasteiger partial charge in [0.25, 0.3) is 0 Å². The number of hydrogen-bond donors (Lipinski definition) is 0. The van der Waals surface area contributed by atoms with Gasteiger partial charge in [-0.2, -0.15) is 0 Å². The maximum Gasteiger partial charge on any atom is 0.221 e. The minimum atomic E-state index is -0.151. The zero-order valence-electron chi connectivity index (χ0n) is 11.5. The molecule has 1 aromatic carbocycles. The van der Waals surface area contributed by atoms with E-state index in [9.17, 15) is 4.79 Å². The largest absolute Gasteiger partial charge is 0.323 e. The number of imidazole rings is 1. The minimum absolute atomic E-state index is 0.0798. The summed E-state index contributed by atoms with van der Waals surface area (Å²) in [5.74, 6) is 0.392. The van der Waals surface area contributed by atoms with E-state index >= 15 is 0 Å². The van der Waals surface area contributed by atoms with Crippen LogP contribution in [-0.2, 0) is 5.54 Å². The molecule has 1 aromatic heterocycles. The summed E-state index contributed by atoms with van der Waals surface area (Å²) < 4.78 is 1.89. The zero-order valence-corrected chi connectivity index (χ0v) is 11.5. The van der Waals surface area contributed by atoms with Crippen LogP contribution in [0, 0.1) is 0 Å². The van der Waals surface area contributed by atoms with Gasteiger partial charge in [0.2, 0.25) is 5.78 Å². The summed E-state index contributed by atoms with van der Waals surface area (Å²) in [5, 5.41) is 0. The molecule has 0 fully saturated rings. The lowest BCUT2D eigenvalue weighted by Crippen LogP contribution is -2.25. The molecule has 0 bridgehead atoms. The Bertz CT molecular complexity index is 589. The average molecular weight is 254 g/mol. The molecule has 0 radical (unpaired) electrons. The molecule has 0 unspecified atom stereocenters. The van der Waals surface area contributed by atoms with E-state index in [0.29, 0.717) is 5.82 Å². The fourth-order valence-corrected chi connectivity index (χ4v) is 1.84. The fraction of sp³-hybridized carbons (Fsp3) is 0.250. The molecule has 2 rings (SSSR count). The lowest BCUT2D eigenvalue weighted by molar-refractivity contribution is 0.102. The number of rotatable bonds is 3. The predicted octanol–water partition coefficient (Wildman–Crippen LogP) is 3.53. The van der Waals surface area contributed by atoms with Gasteiger partial charge in [-0.15, -0.1) is 0 Å². The molecule has 2 aromatic rings. The Balaban J connectivity index is 2.22. The van der Waals surface area contributed by atoms with Crippen LogP contribution in [-0.4, -0.2) is 15.3 Å². The molecule has 0 amide bonds. The van der Waals surface area contributed by atoms with Gasteiger partial charge in [-0.05, 0) is 32.4 Å². The van der Waals surface area contributed by atoms with Gasteiger partial charge < -0.3 is 4.57 Å². The Labute approximate surface area is 113 Å². The molecule has 0 saturated carbocycles. The van der Waals surface area contributed by atoms with E-state index in [1.165, 1.54) is 0 Å². The van der Waals surface area contributed by atoms with Gasteiger partial charge >= 0.3 is 0 Å². The maximum atomic E-state index is 12.2. The van der Waals surface area contributed by atoms with Crippen molar-refractivity contribution in [2.45, 2.75) is 26.3 Å². The lowest BCUT2D eigenvalue weighted by atomic mass is 10.1. The standard InChI is InChI=1S/C16H18N2O/c1-16(2,3)18-12-11-17-15(18)14(19)10-9-13-7-5-4-6-8-13/h4-12H,1-3H3/b10-9+. The quantitative estimate of drug-likeness (QED) is 0.620. The highest BCUT2D eigenvalue weighted by molar-refractivity contribution is 6.04. The molecule has 19 heavy (non-hydrogen) atoms. The summed E-state index contributed by atoms with van der Waals surface area (Å²) in [6.07, 6.45) is 6.88. The molecule has 0 aliphatic heterocycles. The van der Waals surface area contributed by atoms with Crippen molar-refractivity contribution in [3.05, 3.63) is 60.2 Å². The van der Waals surface area contributed by atoms with E-state index < -0.39 is 0 Å².